The lowest BCUT2D eigenvalue weighted by molar-refractivity contribution is 0.227. The van der Waals surface area contributed by atoms with Crippen LogP contribution in [0, 0.1) is 12.3 Å². The first kappa shape index (κ1) is 28.6. The number of para-hydroxylation sites is 1. The average Bonchev–Trinajstić information content (AvgIpc) is 3.46. The highest BCUT2D eigenvalue weighted by molar-refractivity contribution is 7.76. The molecule has 2 heteroatoms. The summed E-state index contributed by atoms with van der Waals surface area (Å²) in [5.41, 5.74) is 7.61. The van der Waals surface area contributed by atoms with Gasteiger partial charge in [0.05, 0.1) is 5.92 Å². The van der Waals surface area contributed by atoms with Crippen molar-refractivity contribution in [3.8, 4) is 5.75 Å². The Bertz CT molecular complexity index is 1770. The molecule has 7 rings (SSSR count). The maximum absolute atomic E-state index is 6.69. The first-order chi connectivity index (χ1) is 21.5. The lowest BCUT2D eigenvalue weighted by Crippen LogP contribution is -2.32. The van der Waals surface area contributed by atoms with Crippen LogP contribution in [0.2, 0.25) is 0 Å². The Kier molecular flexibility index (Phi) is 7.84. The molecule has 1 aliphatic heterocycles. The summed E-state index contributed by atoms with van der Waals surface area (Å²) in [6.07, 6.45) is 14.9. The predicted molar refractivity (Wildman–Crippen MR) is 187 cm³/mol. The van der Waals surface area contributed by atoms with Crippen LogP contribution >= 0.6 is 7.92 Å². The summed E-state index contributed by atoms with van der Waals surface area (Å²) in [5.74, 6) is 1.12. The van der Waals surface area contributed by atoms with Crippen molar-refractivity contribution in [3.63, 3.8) is 0 Å². The van der Waals surface area contributed by atoms with E-state index in [0.717, 1.165) is 30.6 Å². The maximum Gasteiger partial charge on any atom is 0.131 e. The molecule has 4 aromatic rings. The number of aryl methyl sites for hydroxylation is 1. The molecule has 3 atom stereocenters. The van der Waals surface area contributed by atoms with Crippen LogP contribution in [0.4, 0.5) is 0 Å². The summed E-state index contributed by atoms with van der Waals surface area (Å²) in [4.78, 5) is 0. The molecular formula is C42H39OP. The number of ether oxygens (including phenoxy) is 1. The van der Waals surface area contributed by atoms with Crippen molar-refractivity contribution in [2.24, 2.45) is 5.41 Å². The average molecular weight is 591 g/mol. The number of hydrogen-bond donors (Lipinski definition) is 0. The van der Waals surface area contributed by atoms with Crippen LogP contribution in [-0.2, 0) is 0 Å². The molecule has 3 unspecified atom stereocenters. The second-order valence-electron chi connectivity index (χ2n) is 12.4. The Hall–Kier alpha value is -4.19. The topological polar surface area (TPSA) is 9.23 Å². The Morgan fingerprint density at radius 3 is 2.02 bits per heavy atom. The smallest absolute Gasteiger partial charge is 0.131 e. The van der Waals surface area contributed by atoms with E-state index in [1.54, 1.807) is 5.31 Å². The quantitative estimate of drug-likeness (QED) is 0.154. The lowest BCUT2D eigenvalue weighted by atomic mass is 9.70. The van der Waals surface area contributed by atoms with Gasteiger partial charge in [-0.15, -0.1) is 0 Å². The van der Waals surface area contributed by atoms with E-state index in [2.05, 4.69) is 153 Å². The molecule has 44 heavy (non-hydrogen) atoms. The van der Waals surface area contributed by atoms with Gasteiger partial charge in [-0.2, -0.15) is 0 Å². The fraction of sp³-hybridized carbons (Fsp3) is 0.190. The van der Waals surface area contributed by atoms with Gasteiger partial charge >= 0.3 is 0 Å². The molecule has 0 saturated heterocycles. The summed E-state index contributed by atoms with van der Waals surface area (Å²) in [7, 11) is -0.527. The molecule has 1 heterocycles. The third-order valence-corrected chi connectivity index (χ3v) is 12.2. The predicted octanol–water partition coefficient (Wildman–Crippen LogP) is 10.1. The first-order valence-electron chi connectivity index (χ1n) is 15.7. The molecule has 0 amide bonds. The molecule has 0 spiro atoms. The van der Waals surface area contributed by atoms with Crippen molar-refractivity contribution in [2.45, 2.75) is 45.1 Å². The third kappa shape index (κ3) is 5.36. The Morgan fingerprint density at radius 1 is 0.773 bits per heavy atom. The largest absolute Gasteiger partial charge is 0.485 e. The minimum Gasteiger partial charge on any atom is -0.485 e. The molecule has 0 radical (unpaired) electrons. The minimum absolute atomic E-state index is 0.104. The number of rotatable bonds is 7. The number of benzene rings is 4. The number of fused-ring (bicyclic) bond motifs is 1. The molecule has 4 aromatic carbocycles. The van der Waals surface area contributed by atoms with Crippen molar-refractivity contribution < 1.29 is 4.74 Å². The Morgan fingerprint density at radius 2 is 1.41 bits per heavy atom. The van der Waals surface area contributed by atoms with Gasteiger partial charge in [-0.25, -0.2) is 0 Å². The van der Waals surface area contributed by atoms with Gasteiger partial charge in [-0.3, -0.25) is 0 Å². The van der Waals surface area contributed by atoms with Crippen molar-refractivity contribution in [1.82, 2.24) is 0 Å². The van der Waals surface area contributed by atoms with Gasteiger partial charge in [-0.1, -0.05) is 147 Å². The van der Waals surface area contributed by atoms with Crippen LogP contribution in [0.15, 0.2) is 168 Å². The van der Waals surface area contributed by atoms with Crippen molar-refractivity contribution in [3.05, 3.63) is 185 Å². The highest BCUT2D eigenvalue weighted by Crippen LogP contribution is 2.51. The van der Waals surface area contributed by atoms with Crippen molar-refractivity contribution in [2.75, 3.05) is 0 Å². The molecule has 218 valence electrons. The van der Waals surface area contributed by atoms with E-state index in [9.17, 15) is 0 Å². The van der Waals surface area contributed by atoms with E-state index in [-0.39, 0.29) is 17.4 Å². The van der Waals surface area contributed by atoms with Gasteiger partial charge in [0.2, 0.25) is 0 Å². The summed E-state index contributed by atoms with van der Waals surface area (Å²) in [6, 6.07) is 39.3. The summed E-state index contributed by atoms with van der Waals surface area (Å²) in [5, 5.41) is 4.38. The van der Waals surface area contributed by atoms with Gasteiger partial charge in [-0.05, 0) is 83.9 Å². The van der Waals surface area contributed by atoms with E-state index in [1.165, 1.54) is 38.4 Å². The lowest BCUT2D eigenvalue weighted by Gasteiger charge is -2.36. The molecule has 0 saturated carbocycles. The second-order valence-corrected chi connectivity index (χ2v) is 14.7. The van der Waals surface area contributed by atoms with E-state index in [4.69, 9.17) is 11.3 Å². The molecule has 1 nitrogen and oxygen atoms in total. The van der Waals surface area contributed by atoms with Gasteiger partial charge < -0.3 is 4.74 Å². The highest BCUT2D eigenvalue weighted by Gasteiger charge is 2.43. The van der Waals surface area contributed by atoms with Crippen molar-refractivity contribution >= 4 is 18.5 Å². The van der Waals surface area contributed by atoms with Crippen LogP contribution in [0.3, 0.4) is 0 Å². The molecular weight excluding hydrogens is 551 g/mol. The molecule has 0 N–H and O–H groups in total. The SMILES string of the molecule is C=C(C1Oc2ccccc2C1c1ccccc1C)C1(C)C=CC(C2=CC=C(P(c3ccccc3)c3ccccc3)CC2)=CC1. The highest BCUT2D eigenvalue weighted by atomic mass is 31.1. The van der Waals surface area contributed by atoms with Crippen LogP contribution in [0.25, 0.3) is 0 Å². The van der Waals surface area contributed by atoms with Gasteiger partial charge in [0, 0.05) is 11.0 Å². The zero-order chi connectivity index (χ0) is 30.1. The van der Waals surface area contributed by atoms with Crippen molar-refractivity contribution in [1.29, 1.82) is 0 Å². The zero-order valence-corrected chi connectivity index (χ0v) is 26.5. The number of hydrogen-bond acceptors (Lipinski definition) is 1. The van der Waals surface area contributed by atoms with Crippen LogP contribution in [0.5, 0.6) is 5.75 Å². The number of allylic oxidation sites excluding steroid dienone is 8. The van der Waals surface area contributed by atoms with E-state index < -0.39 is 7.92 Å². The Balaban J connectivity index is 1.12. The molecule has 3 aliphatic rings. The van der Waals surface area contributed by atoms with E-state index in [1.807, 2.05) is 0 Å². The van der Waals surface area contributed by atoms with Crippen LogP contribution in [-0.4, -0.2) is 6.10 Å². The van der Waals surface area contributed by atoms with E-state index >= 15 is 0 Å². The fourth-order valence-electron chi connectivity index (χ4n) is 6.97. The third-order valence-electron chi connectivity index (χ3n) is 9.60. The standard InChI is InChI=1S/C42H39OP/c1-30-14-10-11-19-37(30)40-38-20-12-13-21-39(38)43-41(40)31(2)42(3)28-26-33(27-29-42)32-22-24-36(25-23-32)44(34-15-6-4-7-16-34)35-17-8-5-9-18-35/h4-22,24,26-28,40-41H,2,23,25,29H2,1,3H3. The summed E-state index contributed by atoms with van der Waals surface area (Å²) >= 11 is 0. The van der Waals surface area contributed by atoms with E-state index in [0.29, 0.717) is 0 Å². The maximum atomic E-state index is 6.69. The van der Waals surface area contributed by atoms with Gasteiger partial charge in [0.1, 0.15) is 11.9 Å². The Labute approximate surface area is 263 Å². The second kappa shape index (κ2) is 12.1. The zero-order valence-electron chi connectivity index (χ0n) is 25.6. The minimum atomic E-state index is -0.527. The van der Waals surface area contributed by atoms with Gasteiger partial charge in [0.15, 0.2) is 0 Å². The summed E-state index contributed by atoms with van der Waals surface area (Å²) in [6.45, 7) is 9.24. The normalized spacial score (nSPS) is 22.5. The fourth-order valence-corrected chi connectivity index (χ4v) is 9.43. The van der Waals surface area contributed by atoms with Gasteiger partial charge in [0.25, 0.3) is 0 Å². The monoisotopic (exact) mass is 590 g/mol. The molecule has 0 fully saturated rings. The van der Waals surface area contributed by atoms with Crippen LogP contribution in [0.1, 0.15) is 48.8 Å². The van der Waals surface area contributed by atoms with Crippen LogP contribution < -0.4 is 15.3 Å². The molecule has 0 aromatic heterocycles. The molecule has 0 bridgehead atoms. The molecule has 2 aliphatic carbocycles. The first-order valence-corrected chi connectivity index (χ1v) is 17.1. The summed E-state index contributed by atoms with van der Waals surface area (Å²) < 4.78 is 6.69.